The summed E-state index contributed by atoms with van der Waals surface area (Å²) in [4.78, 5) is 27.1. The molecule has 4 nitrogen and oxygen atoms in total. The van der Waals surface area contributed by atoms with E-state index < -0.39 is 5.41 Å². The number of carbonyl (C=O) groups excluding carboxylic acids is 2. The summed E-state index contributed by atoms with van der Waals surface area (Å²) in [7, 11) is 1.37. The van der Waals surface area contributed by atoms with Crippen LogP contribution < -0.4 is 4.90 Å². The topological polar surface area (TPSA) is 46.6 Å². The first-order valence-corrected chi connectivity index (χ1v) is 9.22. The van der Waals surface area contributed by atoms with Crippen LogP contribution >= 0.6 is 11.6 Å². The number of hydrogen-bond donors (Lipinski definition) is 0. The Hall–Kier alpha value is -2.33. The summed E-state index contributed by atoms with van der Waals surface area (Å²) >= 11 is 6.17. The highest BCUT2D eigenvalue weighted by Gasteiger charge is 2.48. The number of benzene rings is 2. The van der Waals surface area contributed by atoms with Gasteiger partial charge in [0.2, 0.25) is 5.91 Å². The average molecular weight is 370 g/mol. The first-order valence-electron chi connectivity index (χ1n) is 8.84. The number of rotatable bonds is 3. The second-order valence-electron chi connectivity index (χ2n) is 6.99. The van der Waals surface area contributed by atoms with E-state index in [1.807, 2.05) is 41.3 Å². The van der Waals surface area contributed by atoms with Crippen molar-refractivity contribution in [3.63, 3.8) is 0 Å². The molecule has 0 unspecified atom stereocenters. The van der Waals surface area contributed by atoms with E-state index in [-0.39, 0.29) is 11.9 Å². The van der Waals surface area contributed by atoms with Crippen molar-refractivity contribution in [2.45, 2.75) is 31.1 Å². The molecule has 4 rings (SSSR count). The fourth-order valence-corrected chi connectivity index (χ4v) is 4.25. The summed E-state index contributed by atoms with van der Waals surface area (Å²) < 4.78 is 4.79. The highest BCUT2D eigenvalue weighted by Crippen LogP contribution is 2.47. The third kappa shape index (κ3) is 2.60. The third-order valence-electron chi connectivity index (χ3n) is 5.63. The number of halogens is 1. The third-order valence-corrected chi connectivity index (χ3v) is 5.87. The van der Waals surface area contributed by atoms with Crippen molar-refractivity contribution in [2.75, 3.05) is 18.6 Å². The average Bonchev–Trinajstić information content (AvgIpc) is 3.03. The van der Waals surface area contributed by atoms with Gasteiger partial charge in [-0.05, 0) is 60.7 Å². The predicted octanol–water partition coefficient (Wildman–Crippen LogP) is 4.14. The van der Waals surface area contributed by atoms with E-state index >= 15 is 0 Å². The van der Waals surface area contributed by atoms with Crippen LogP contribution in [0.4, 0.5) is 5.69 Å². The van der Waals surface area contributed by atoms with Gasteiger partial charge in [-0.1, -0.05) is 30.2 Å². The summed E-state index contributed by atoms with van der Waals surface area (Å²) in [6.07, 6.45) is 3.48. The number of methoxy groups -OCH3 is 1. The second kappa shape index (κ2) is 6.44. The van der Waals surface area contributed by atoms with Crippen LogP contribution in [0.5, 0.6) is 0 Å². The quantitative estimate of drug-likeness (QED) is 0.764. The van der Waals surface area contributed by atoms with Gasteiger partial charge in [-0.15, -0.1) is 0 Å². The molecule has 1 amide bonds. The van der Waals surface area contributed by atoms with Gasteiger partial charge < -0.3 is 9.64 Å². The zero-order chi connectivity index (χ0) is 18.3. The predicted molar refractivity (Wildman–Crippen MR) is 101 cm³/mol. The molecule has 1 heterocycles. The lowest BCUT2D eigenvalue weighted by atomic mass is 9.63. The van der Waals surface area contributed by atoms with Crippen molar-refractivity contribution in [1.82, 2.24) is 0 Å². The van der Waals surface area contributed by atoms with Crippen LogP contribution in [0, 0.1) is 0 Å². The molecule has 5 heteroatoms. The molecular weight excluding hydrogens is 350 g/mol. The van der Waals surface area contributed by atoms with Gasteiger partial charge in [0.15, 0.2) is 0 Å². The summed E-state index contributed by atoms with van der Waals surface area (Å²) in [6, 6.07) is 13.1. The maximum atomic E-state index is 13.5. The Morgan fingerprint density at radius 2 is 1.96 bits per heavy atom. The molecule has 0 saturated heterocycles. The minimum absolute atomic E-state index is 0.135. The monoisotopic (exact) mass is 369 g/mol. The number of fused-ring (bicyclic) bond motifs is 1. The number of ether oxygens (including phenoxy) is 1. The molecule has 0 atom stereocenters. The molecule has 0 N–H and O–H groups in total. The standard InChI is InChI=1S/C21H20ClNO3/c1-26-19(24)15-6-7-18-14(12-15)8-11-23(18)20(25)21(9-3-10-21)16-4-2-5-17(22)13-16/h2,4-7,12-13H,3,8-11H2,1H3. The van der Waals surface area contributed by atoms with Gasteiger partial charge in [-0.3, -0.25) is 4.79 Å². The van der Waals surface area contributed by atoms with Crippen LogP contribution in [0.2, 0.25) is 5.02 Å². The minimum Gasteiger partial charge on any atom is -0.465 e. The summed E-state index contributed by atoms with van der Waals surface area (Å²) in [5.74, 6) is -0.220. The SMILES string of the molecule is COC(=O)c1ccc2c(c1)CCN2C(=O)C1(c2cccc(Cl)c2)CCC1. The molecule has 0 spiro atoms. The number of amides is 1. The van der Waals surface area contributed by atoms with Crippen molar-refractivity contribution in [2.24, 2.45) is 0 Å². The van der Waals surface area contributed by atoms with Crippen molar-refractivity contribution in [3.05, 3.63) is 64.2 Å². The highest BCUT2D eigenvalue weighted by atomic mass is 35.5. The number of hydrogen-bond acceptors (Lipinski definition) is 3. The summed E-state index contributed by atoms with van der Waals surface area (Å²) in [5.41, 5.74) is 2.96. The van der Waals surface area contributed by atoms with Gasteiger partial charge >= 0.3 is 5.97 Å². The van der Waals surface area contributed by atoms with Crippen LogP contribution in [0.25, 0.3) is 0 Å². The van der Waals surface area contributed by atoms with Crippen molar-refractivity contribution in [3.8, 4) is 0 Å². The molecule has 2 aromatic rings. The smallest absolute Gasteiger partial charge is 0.337 e. The van der Waals surface area contributed by atoms with E-state index in [1.165, 1.54) is 7.11 Å². The van der Waals surface area contributed by atoms with Crippen molar-refractivity contribution >= 4 is 29.2 Å². The number of nitrogens with zero attached hydrogens (tertiary/aromatic N) is 1. The molecule has 0 radical (unpaired) electrons. The highest BCUT2D eigenvalue weighted by molar-refractivity contribution is 6.30. The zero-order valence-corrected chi connectivity index (χ0v) is 15.4. The minimum atomic E-state index is -0.479. The van der Waals surface area contributed by atoms with E-state index in [2.05, 4.69) is 0 Å². The Morgan fingerprint density at radius 3 is 2.62 bits per heavy atom. The summed E-state index contributed by atoms with van der Waals surface area (Å²) in [5, 5.41) is 0.658. The van der Waals surface area contributed by atoms with E-state index in [4.69, 9.17) is 16.3 Å². The van der Waals surface area contributed by atoms with Gasteiger partial charge in [-0.25, -0.2) is 4.79 Å². The summed E-state index contributed by atoms with van der Waals surface area (Å²) in [6.45, 7) is 0.640. The number of anilines is 1. The first kappa shape index (κ1) is 17.1. The lowest BCUT2D eigenvalue weighted by Gasteiger charge is -2.43. The van der Waals surface area contributed by atoms with Crippen LogP contribution in [-0.4, -0.2) is 25.5 Å². The fraction of sp³-hybridized carbons (Fsp3) is 0.333. The maximum Gasteiger partial charge on any atom is 0.337 e. The Morgan fingerprint density at radius 1 is 1.15 bits per heavy atom. The van der Waals surface area contributed by atoms with E-state index in [0.717, 1.165) is 42.5 Å². The Bertz CT molecular complexity index is 889. The molecule has 2 aliphatic rings. The van der Waals surface area contributed by atoms with Crippen molar-refractivity contribution < 1.29 is 14.3 Å². The van der Waals surface area contributed by atoms with Gasteiger partial charge in [0, 0.05) is 17.3 Å². The van der Waals surface area contributed by atoms with Gasteiger partial charge in [0.1, 0.15) is 0 Å². The number of esters is 1. The first-order chi connectivity index (χ1) is 12.5. The van der Waals surface area contributed by atoms with Crippen molar-refractivity contribution in [1.29, 1.82) is 0 Å². The molecular formula is C21H20ClNO3. The molecule has 1 saturated carbocycles. The van der Waals surface area contributed by atoms with Gasteiger partial charge in [0.25, 0.3) is 0 Å². The molecule has 0 aromatic heterocycles. The van der Waals surface area contributed by atoms with E-state index in [1.54, 1.807) is 6.07 Å². The van der Waals surface area contributed by atoms with E-state index in [0.29, 0.717) is 17.1 Å². The Balaban J connectivity index is 1.67. The van der Waals surface area contributed by atoms with Gasteiger partial charge in [-0.2, -0.15) is 0 Å². The molecule has 134 valence electrons. The largest absolute Gasteiger partial charge is 0.465 e. The molecule has 1 aliphatic heterocycles. The lowest BCUT2D eigenvalue weighted by molar-refractivity contribution is -0.127. The van der Waals surface area contributed by atoms with Crippen LogP contribution in [-0.2, 0) is 21.4 Å². The normalized spacial score (nSPS) is 17.4. The second-order valence-corrected chi connectivity index (χ2v) is 7.42. The molecule has 26 heavy (non-hydrogen) atoms. The lowest BCUT2D eigenvalue weighted by Crippen LogP contribution is -2.50. The maximum absolute atomic E-state index is 13.5. The number of carbonyl (C=O) groups is 2. The molecule has 2 aromatic carbocycles. The zero-order valence-electron chi connectivity index (χ0n) is 14.6. The fourth-order valence-electron chi connectivity index (χ4n) is 4.06. The van der Waals surface area contributed by atoms with E-state index in [9.17, 15) is 9.59 Å². The molecule has 1 aliphatic carbocycles. The molecule has 1 fully saturated rings. The van der Waals surface area contributed by atoms with Crippen LogP contribution in [0.1, 0.15) is 40.7 Å². The van der Waals surface area contributed by atoms with Crippen LogP contribution in [0.3, 0.4) is 0 Å². The van der Waals surface area contributed by atoms with Gasteiger partial charge in [0.05, 0.1) is 18.1 Å². The van der Waals surface area contributed by atoms with Crippen LogP contribution in [0.15, 0.2) is 42.5 Å². The Labute approximate surface area is 157 Å². The molecule has 0 bridgehead atoms. The Kier molecular flexibility index (Phi) is 4.23.